The third-order valence-electron chi connectivity index (χ3n) is 3.46. The van der Waals surface area contributed by atoms with E-state index < -0.39 is 37.7 Å². The van der Waals surface area contributed by atoms with E-state index in [0.717, 1.165) is 0 Å². The van der Waals surface area contributed by atoms with Crippen molar-refractivity contribution in [3.63, 3.8) is 0 Å². The standard InChI is InChI=1S/C11H16F3O4P/c1-10(2,18-19(16)17)9(15)7-3-5-8(6-4-7)11(12,13)14/h7-8H,3-6H2,1-2H3/p+1. The molecule has 0 amide bonds. The summed E-state index contributed by atoms with van der Waals surface area (Å²) < 4.78 is 52.7. The molecular weight excluding hydrogens is 284 g/mol. The smallest absolute Gasteiger partial charge is 0.296 e. The predicted octanol–water partition coefficient (Wildman–Crippen LogP) is 3.37. The third-order valence-corrected chi connectivity index (χ3v) is 4.07. The zero-order chi connectivity index (χ0) is 14.8. The first-order valence-corrected chi connectivity index (χ1v) is 7.13. The minimum absolute atomic E-state index is 0.0821. The fraction of sp³-hybridized carbons (Fsp3) is 0.909. The molecule has 1 saturated carbocycles. The lowest BCUT2D eigenvalue weighted by atomic mass is 9.76. The van der Waals surface area contributed by atoms with Crippen LogP contribution in [0.15, 0.2) is 0 Å². The quantitative estimate of drug-likeness (QED) is 0.809. The monoisotopic (exact) mass is 301 g/mol. The minimum atomic E-state index is -4.21. The summed E-state index contributed by atoms with van der Waals surface area (Å²) in [6.45, 7) is 2.71. The Balaban J connectivity index is 2.60. The summed E-state index contributed by atoms with van der Waals surface area (Å²) in [7, 11) is -2.92. The van der Waals surface area contributed by atoms with E-state index in [1.165, 1.54) is 13.8 Å². The second-order valence-electron chi connectivity index (χ2n) is 5.29. The highest BCUT2D eigenvalue weighted by molar-refractivity contribution is 7.32. The van der Waals surface area contributed by atoms with Crippen LogP contribution in [0.2, 0.25) is 0 Å². The van der Waals surface area contributed by atoms with Crippen LogP contribution in [0.1, 0.15) is 39.5 Å². The van der Waals surface area contributed by atoms with Crippen LogP contribution >= 0.6 is 8.25 Å². The second-order valence-corrected chi connectivity index (χ2v) is 5.95. The first-order valence-electron chi connectivity index (χ1n) is 6.00. The summed E-state index contributed by atoms with van der Waals surface area (Å²) in [5.41, 5.74) is -1.45. The molecule has 0 heterocycles. The van der Waals surface area contributed by atoms with Gasteiger partial charge in [0, 0.05) is 10.5 Å². The molecule has 1 fully saturated rings. The number of carbonyl (C=O) groups is 1. The molecule has 0 bridgehead atoms. The van der Waals surface area contributed by atoms with Gasteiger partial charge in [0.05, 0.1) is 5.92 Å². The highest BCUT2D eigenvalue weighted by Gasteiger charge is 2.46. The van der Waals surface area contributed by atoms with Gasteiger partial charge in [-0.15, -0.1) is 9.42 Å². The van der Waals surface area contributed by atoms with Crippen molar-refractivity contribution in [1.82, 2.24) is 0 Å². The average Bonchev–Trinajstić information content (AvgIpc) is 2.25. The summed E-state index contributed by atoms with van der Waals surface area (Å²) in [5, 5.41) is 0. The highest BCUT2D eigenvalue weighted by atomic mass is 31.1. The molecule has 0 aromatic rings. The van der Waals surface area contributed by atoms with E-state index in [4.69, 9.17) is 4.89 Å². The third kappa shape index (κ3) is 4.51. The Kier molecular flexibility index (Phi) is 5.09. The van der Waals surface area contributed by atoms with Crippen molar-refractivity contribution in [2.75, 3.05) is 0 Å². The van der Waals surface area contributed by atoms with Gasteiger partial charge in [0.15, 0.2) is 11.4 Å². The summed E-state index contributed by atoms with van der Waals surface area (Å²) in [6.07, 6.45) is -4.10. The normalized spacial score (nSPS) is 26.1. The Morgan fingerprint density at radius 2 is 1.68 bits per heavy atom. The van der Waals surface area contributed by atoms with Crippen LogP contribution in [0, 0.1) is 11.8 Å². The van der Waals surface area contributed by atoms with Gasteiger partial charge in [0.2, 0.25) is 0 Å². The number of alkyl halides is 3. The maximum Gasteiger partial charge on any atom is 0.695 e. The van der Waals surface area contributed by atoms with E-state index >= 15 is 0 Å². The van der Waals surface area contributed by atoms with Gasteiger partial charge < -0.3 is 0 Å². The predicted molar refractivity (Wildman–Crippen MR) is 61.5 cm³/mol. The van der Waals surface area contributed by atoms with Gasteiger partial charge in [-0.3, -0.25) is 4.79 Å². The molecule has 0 aliphatic heterocycles. The fourth-order valence-corrected chi connectivity index (χ4v) is 2.90. The van der Waals surface area contributed by atoms with Gasteiger partial charge in [-0.05, 0) is 39.5 Å². The molecule has 1 unspecified atom stereocenters. The van der Waals surface area contributed by atoms with Crippen molar-refractivity contribution >= 4 is 14.0 Å². The molecule has 0 saturated heterocycles. The van der Waals surface area contributed by atoms with Crippen molar-refractivity contribution in [1.29, 1.82) is 0 Å². The van der Waals surface area contributed by atoms with E-state index in [2.05, 4.69) is 4.52 Å². The van der Waals surface area contributed by atoms with Crippen molar-refractivity contribution in [2.24, 2.45) is 11.8 Å². The molecular formula is C11H17F3O4P+. The number of carbonyl (C=O) groups excluding carboxylic acids is 1. The van der Waals surface area contributed by atoms with E-state index in [0.29, 0.717) is 0 Å². The summed E-state index contributed by atoms with van der Waals surface area (Å²) in [5.74, 6) is -2.30. The van der Waals surface area contributed by atoms with Gasteiger partial charge in [0.1, 0.15) is 0 Å². The van der Waals surface area contributed by atoms with Crippen LogP contribution in [0.4, 0.5) is 13.2 Å². The van der Waals surface area contributed by atoms with Crippen LogP contribution in [0.5, 0.6) is 0 Å². The van der Waals surface area contributed by atoms with Crippen LogP contribution < -0.4 is 0 Å². The average molecular weight is 301 g/mol. The molecule has 1 aliphatic rings. The number of Topliss-reactive ketones (excluding diaryl/α,β-unsaturated/α-hetero) is 1. The molecule has 110 valence electrons. The fourth-order valence-electron chi connectivity index (χ4n) is 2.41. The number of hydrogen-bond acceptors (Lipinski definition) is 3. The molecule has 1 aliphatic carbocycles. The zero-order valence-corrected chi connectivity index (χ0v) is 11.6. The first kappa shape index (κ1) is 16.5. The van der Waals surface area contributed by atoms with E-state index in [-0.39, 0.29) is 25.7 Å². The largest absolute Gasteiger partial charge is 0.695 e. The molecule has 0 spiro atoms. The summed E-state index contributed by atoms with van der Waals surface area (Å²) in [6, 6.07) is 0. The second kappa shape index (κ2) is 5.85. The van der Waals surface area contributed by atoms with Crippen LogP contribution in [0.25, 0.3) is 0 Å². The van der Waals surface area contributed by atoms with Gasteiger partial charge >= 0.3 is 14.4 Å². The Hall–Kier alpha value is -0.520. The molecule has 0 aromatic heterocycles. The number of halogens is 3. The molecule has 1 N–H and O–H groups in total. The molecule has 4 nitrogen and oxygen atoms in total. The Labute approximate surface area is 110 Å². The molecule has 19 heavy (non-hydrogen) atoms. The number of ketones is 1. The van der Waals surface area contributed by atoms with Gasteiger partial charge in [-0.2, -0.15) is 13.2 Å². The van der Waals surface area contributed by atoms with E-state index in [1.807, 2.05) is 0 Å². The number of rotatable bonds is 4. The van der Waals surface area contributed by atoms with Crippen LogP contribution in [-0.4, -0.2) is 22.5 Å². The maximum absolute atomic E-state index is 12.5. The van der Waals surface area contributed by atoms with Gasteiger partial charge in [-0.25, -0.2) is 0 Å². The molecule has 1 rings (SSSR count). The minimum Gasteiger partial charge on any atom is -0.296 e. The Morgan fingerprint density at radius 1 is 1.21 bits per heavy atom. The summed E-state index contributed by atoms with van der Waals surface area (Å²) in [4.78, 5) is 20.7. The molecule has 1 atom stereocenters. The van der Waals surface area contributed by atoms with Crippen molar-refractivity contribution in [3.8, 4) is 0 Å². The van der Waals surface area contributed by atoms with Crippen molar-refractivity contribution in [2.45, 2.75) is 51.3 Å². The van der Waals surface area contributed by atoms with Gasteiger partial charge in [-0.1, -0.05) is 0 Å². The lowest BCUT2D eigenvalue weighted by Gasteiger charge is -2.31. The molecule has 0 aromatic carbocycles. The van der Waals surface area contributed by atoms with E-state index in [9.17, 15) is 22.5 Å². The SMILES string of the molecule is CC(C)(O[P+](=O)O)C(=O)C1CCC(C(F)(F)F)CC1. The highest BCUT2D eigenvalue weighted by Crippen LogP contribution is 2.41. The van der Waals surface area contributed by atoms with Crippen molar-refractivity contribution < 1.29 is 31.9 Å². The first-order chi connectivity index (χ1) is 8.54. The maximum atomic E-state index is 12.5. The van der Waals surface area contributed by atoms with E-state index in [1.54, 1.807) is 0 Å². The van der Waals surface area contributed by atoms with Gasteiger partial charge in [0.25, 0.3) is 0 Å². The van der Waals surface area contributed by atoms with Crippen LogP contribution in [-0.2, 0) is 13.9 Å². The zero-order valence-electron chi connectivity index (χ0n) is 10.7. The molecule has 0 radical (unpaired) electrons. The Bertz CT molecular complexity index is 359. The Morgan fingerprint density at radius 3 is 2.05 bits per heavy atom. The molecule has 8 heteroatoms. The lowest BCUT2D eigenvalue weighted by molar-refractivity contribution is -0.185. The number of hydrogen-bond donors (Lipinski definition) is 1. The lowest BCUT2D eigenvalue weighted by Crippen LogP contribution is -2.40. The van der Waals surface area contributed by atoms with Crippen LogP contribution in [0.3, 0.4) is 0 Å². The summed E-state index contributed by atoms with van der Waals surface area (Å²) >= 11 is 0. The van der Waals surface area contributed by atoms with Crippen molar-refractivity contribution in [3.05, 3.63) is 0 Å². The topological polar surface area (TPSA) is 63.6 Å².